The van der Waals surface area contributed by atoms with E-state index in [4.69, 9.17) is 23.2 Å². The first-order valence-electron chi connectivity index (χ1n) is 13.2. The molecule has 2 aromatic carbocycles. The van der Waals surface area contributed by atoms with E-state index in [1.165, 1.54) is 24.0 Å². The molecule has 36 heavy (non-hydrogen) atoms. The molecule has 2 fully saturated rings. The average Bonchev–Trinajstić information content (AvgIpc) is 3.53. The van der Waals surface area contributed by atoms with Gasteiger partial charge in [0.05, 0.1) is 6.10 Å². The van der Waals surface area contributed by atoms with Gasteiger partial charge in [0, 0.05) is 42.1 Å². The Bertz CT molecular complexity index is 1090. The summed E-state index contributed by atoms with van der Waals surface area (Å²) in [6.45, 7) is 6.45. The Labute approximate surface area is 229 Å². The van der Waals surface area contributed by atoms with Crippen molar-refractivity contribution in [2.24, 2.45) is 11.8 Å². The van der Waals surface area contributed by atoms with Gasteiger partial charge in [0.15, 0.2) is 0 Å². The maximum Gasteiger partial charge on any atom is 0.0583 e. The number of aliphatic hydroxyl groups is 1. The summed E-state index contributed by atoms with van der Waals surface area (Å²) in [5.41, 5.74) is 3.86. The molecule has 0 amide bonds. The molecule has 6 heteroatoms. The van der Waals surface area contributed by atoms with Gasteiger partial charge in [0.25, 0.3) is 0 Å². The summed E-state index contributed by atoms with van der Waals surface area (Å²) in [6, 6.07) is 18.5. The molecule has 2 saturated heterocycles. The van der Waals surface area contributed by atoms with Gasteiger partial charge in [0.1, 0.15) is 0 Å². The number of piperidine rings is 1. The minimum Gasteiger partial charge on any atom is -0.393 e. The Morgan fingerprint density at radius 1 is 0.972 bits per heavy atom. The molecule has 0 unspecified atom stereocenters. The molecule has 3 atom stereocenters. The highest BCUT2D eigenvalue weighted by Gasteiger charge is 2.36. The summed E-state index contributed by atoms with van der Waals surface area (Å²) in [7, 11) is 0. The third-order valence-corrected chi connectivity index (χ3v) is 9.30. The molecule has 3 heterocycles. The zero-order valence-electron chi connectivity index (χ0n) is 20.7. The van der Waals surface area contributed by atoms with E-state index in [0.29, 0.717) is 22.8 Å². The maximum absolute atomic E-state index is 10.6. The van der Waals surface area contributed by atoms with Gasteiger partial charge < -0.3 is 10.0 Å². The van der Waals surface area contributed by atoms with E-state index in [1.807, 2.05) is 18.2 Å². The second kappa shape index (κ2) is 12.4. The normalized spacial score (nSPS) is 22.8. The van der Waals surface area contributed by atoms with Gasteiger partial charge in [-0.15, -0.1) is 0 Å². The summed E-state index contributed by atoms with van der Waals surface area (Å²) in [6.07, 6.45) is 3.81. The monoisotopic (exact) mass is 542 g/mol. The molecule has 0 bridgehead atoms. The van der Waals surface area contributed by atoms with Crippen LogP contribution in [0.15, 0.2) is 65.4 Å². The van der Waals surface area contributed by atoms with Crippen molar-refractivity contribution in [3.8, 4) is 0 Å². The highest BCUT2D eigenvalue weighted by atomic mass is 35.5. The summed E-state index contributed by atoms with van der Waals surface area (Å²) in [4.78, 5) is 5.23. The van der Waals surface area contributed by atoms with E-state index in [2.05, 4.69) is 57.0 Å². The van der Waals surface area contributed by atoms with Gasteiger partial charge >= 0.3 is 0 Å². The van der Waals surface area contributed by atoms with Gasteiger partial charge in [-0.05, 0) is 96.3 Å². The molecule has 2 aliphatic rings. The number of thiophene rings is 1. The number of nitrogens with zero attached hydrogens (tertiary/aromatic N) is 2. The van der Waals surface area contributed by atoms with Crippen LogP contribution in [0.5, 0.6) is 0 Å². The Morgan fingerprint density at radius 2 is 1.78 bits per heavy atom. The van der Waals surface area contributed by atoms with Crippen molar-refractivity contribution in [2.45, 2.75) is 44.2 Å². The minimum absolute atomic E-state index is 0.241. The molecule has 0 radical (unpaired) electrons. The number of hydrogen-bond acceptors (Lipinski definition) is 4. The van der Waals surface area contributed by atoms with E-state index in [0.717, 1.165) is 62.7 Å². The van der Waals surface area contributed by atoms with Gasteiger partial charge in [-0.2, -0.15) is 11.3 Å². The number of halogens is 2. The maximum atomic E-state index is 10.6. The molecule has 1 aromatic heterocycles. The quantitative estimate of drug-likeness (QED) is 0.316. The van der Waals surface area contributed by atoms with E-state index < -0.39 is 0 Å². The largest absolute Gasteiger partial charge is 0.393 e. The Morgan fingerprint density at radius 3 is 2.50 bits per heavy atom. The Hall–Kier alpha value is -1.40. The topological polar surface area (TPSA) is 26.7 Å². The van der Waals surface area contributed by atoms with Crippen LogP contribution in [0.4, 0.5) is 0 Å². The molecule has 192 valence electrons. The van der Waals surface area contributed by atoms with Crippen molar-refractivity contribution in [1.82, 2.24) is 9.80 Å². The van der Waals surface area contributed by atoms with Crippen LogP contribution in [0.3, 0.4) is 0 Å². The zero-order chi connectivity index (χ0) is 24.9. The molecule has 0 spiro atoms. The van der Waals surface area contributed by atoms with Crippen LogP contribution < -0.4 is 0 Å². The van der Waals surface area contributed by atoms with Crippen LogP contribution in [-0.2, 0) is 13.0 Å². The first kappa shape index (κ1) is 26.2. The lowest BCUT2D eigenvalue weighted by atomic mass is 9.87. The molecule has 3 aromatic rings. The average molecular weight is 544 g/mol. The third-order valence-electron chi connectivity index (χ3n) is 8.02. The summed E-state index contributed by atoms with van der Waals surface area (Å²) < 4.78 is 0. The number of benzene rings is 2. The SMILES string of the molecule is O[C@@H](Cc1ccccc1)CC1CCN(C[C@H]2CN(Cc3ccc(Cl)cc3Cl)C[C@@H]2c2ccsc2)CC1. The van der Waals surface area contributed by atoms with Crippen molar-refractivity contribution in [3.05, 3.63) is 92.1 Å². The third kappa shape index (κ3) is 6.92. The lowest BCUT2D eigenvalue weighted by Crippen LogP contribution is -2.39. The second-order valence-electron chi connectivity index (χ2n) is 10.7. The van der Waals surface area contributed by atoms with Crippen LogP contribution in [0.1, 0.15) is 41.9 Å². The van der Waals surface area contributed by atoms with Crippen molar-refractivity contribution >= 4 is 34.5 Å². The molecular weight excluding hydrogens is 507 g/mol. The number of likely N-dealkylation sites (tertiary alicyclic amines) is 2. The molecule has 2 aliphatic heterocycles. The van der Waals surface area contributed by atoms with Crippen LogP contribution in [0, 0.1) is 11.8 Å². The summed E-state index contributed by atoms with van der Waals surface area (Å²) in [5, 5.41) is 16.6. The summed E-state index contributed by atoms with van der Waals surface area (Å²) in [5.74, 6) is 1.80. The second-order valence-corrected chi connectivity index (χ2v) is 12.3. The van der Waals surface area contributed by atoms with Gasteiger partial charge in [-0.3, -0.25) is 4.90 Å². The molecular formula is C30H36Cl2N2OS. The zero-order valence-corrected chi connectivity index (χ0v) is 23.1. The predicted octanol–water partition coefficient (Wildman–Crippen LogP) is 6.98. The molecule has 0 aliphatic carbocycles. The van der Waals surface area contributed by atoms with Crippen LogP contribution in [0.25, 0.3) is 0 Å². The number of aliphatic hydroxyl groups excluding tert-OH is 1. The smallest absolute Gasteiger partial charge is 0.0583 e. The standard InChI is InChI=1S/C30H36Cl2N2OS/c31-27-7-6-24(30(32)16-27)17-34-19-26(29(20-34)25-10-13-36-21-25)18-33-11-8-23(9-12-33)15-28(35)14-22-4-2-1-3-5-22/h1-7,10,13,16,21,23,26,28-29,35H,8-9,11-12,14-15,17-20H2/t26-,28-,29+/m0/s1. The first-order valence-corrected chi connectivity index (χ1v) is 14.9. The van der Waals surface area contributed by atoms with Crippen LogP contribution >= 0.6 is 34.5 Å². The van der Waals surface area contributed by atoms with Crippen molar-refractivity contribution in [3.63, 3.8) is 0 Å². The van der Waals surface area contributed by atoms with Crippen molar-refractivity contribution in [1.29, 1.82) is 0 Å². The predicted molar refractivity (Wildman–Crippen MR) is 152 cm³/mol. The van der Waals surface area contributed by atoms with Crippen molar-refractivity contribution < 1.29 is 5.11 Å². The molecule has 0 saturated carbocycles. The van der Waals surface area contributed by atoms with Crippen LogP contribution in [0.2, 0.25) is 10.0 Å². The Balaban J connectivity index is 1.14. The fraction of sp³-hybridized carbons (Fsp3) is 0.467. The number of rotatable bonds is 9. The van der Waals surface area contributed by atoms with Gasteiger partial charge in [-0.1, -0.05) is 59.6 Å². The lowest BCUT2D eigenvalue weighted by Gasteiger charge is -2.35. The van der Waals surface area contributed by atoms with Gasteiger partial charge in [0.2, 0.25) is 0 Å². The highest BCUT2D eigenvalue weighted by molar-refractivity contribution is 7.08. The van der Waals surface area contributed by atoms with E-state index in [9.17, 15) is 5.11 Å². The van der Waals surface area contributed by atoms with Gasteiger partial charge in [-0.25, -0.2) is 0 Å². The van der Waals surface area contributed by atoms with Crippen LogP contribution in [-0.4, -0.2) is 53.7 Å². The fourth-order valence-corrected chi connectivity index (χ4v) is 7.31. The molecule has 3 nitrogen and oxygen atoms in total. The summed E-state index contributed by atoms with van der Waals surface area (Å²) >= 11 is 14.4. The number of hydrogen-bond donors (Lipinski definition) is 1. The first-order chi connectivity index (χ1) is 17.5. The highest BCUT2D eigenvalue weighted by Crippen LogP contribution is 2.37. The van der Waals surface area contributed by atoms with E-state index in [1.54, 1.807) is 11.3 Å². The minimum atomic E-state index is -0.241. The Kier molecular flexibility index (Phi) is 9.05. The van der Waals surface area contributed by atoms with E-state index >= 15 is 0 Å². The van der Waals surface area contributed by atoms with E-state index in [-0.39, 0.29) is 6.10 Å². The lowest BCUT2D eigenvalue weighted by molar-refractivity contribution is 0.101. The molecule has 1 N–H and O–H groups in total. The molecule has 5 rings (SSSR count). The van der Waals surface area contributed by atoms with Crippen molar-refractivity contribution in [2.75, 3.05) is 32.7 Å². The fourth-order valence-electron chi connectivity index (χ4n) is 6.12.